The molecule has 0 unspecified atom stereocenters. The van der Waals surface area contributed by atoms with Gasteiger partial charge in [-0.3, -0.25) is 4.68 Å². The van der Waals surface area contributed by atoms with Gasteiger partial charge < -0.3 is 20.1 Å². The number of benzene rings is 2. The van der Waals surface area contributed by atoms with Crippen molar-refractivity contribution < 1.29 is 9.47 Å². The lowest BCUT2D eigenvalue weighted by Gasteiger charge is -2.33. The van der Waals surface area contributed by atoms with E-state index in [0.29, 0.717) is 12.4 Å². The van der Waals surface area contributed by atoms with Crippen LogP contribution in [0.15, 0.2) is 79.3 Å². The molecule has 0 saturated carbocycles. The summed E-state index contributed by atoms with van der Waals surface area (Å²) in [5.41, 5.74) is 5.37. The van der Waals surface area contributed by atoms with E-state index < -0.39 is 0 Å². The number of methoxy groups -OCH3 is 1. The molecule has 5 rings (SSSR count). The highest BCUT2D eigenvalue weighted by molar-refractivity contribution is 5.69. The minimum Gasteiger partial charge on any atom is -0.497 e. The van der Waals surface area contributed by atoms with E-state index in [1.54, 1.807) is 11.8 Å². The summed E-state index contributed by atoms with van der Waals surface area (Å²) in [7, 11) is 3.61. The van der Waals surface area contributed by atoms with Gasteiger partial charge in [0.05, 0.1) is 31.6 Å². The largest absolute Gasteiger partial charge is 0.497 e. The van der Waals surface area contributed by atoms with Crippen LogP contribution < -0.4 is 20.1 Å². The summed E-state index contributed by atoms with van der Waals surface area (Å²) in [6.07, 6.45) is 6.45. The molecule has 7 nitrogen and oxygen atoms in total. The van der Waals surface area contributed by atoms with E-state index in [0.717, 1.165) is 35.5 Å². The Morgan fingerprint density at radius 3 is 2.79 bits per heavy atom. The third kappa shape index (κ3) is 4.89. The Kier molecular flexibility index (Phi) is 6.44. The molecular weight excluding hydrogens is 426 g/mol. The number of aromatic nitrogens is 3. The lowest BCUT2D eigenvalue weighted by molar-refractivity contribution is 0.150. The van der Waals surface area contributed by atoms with Crippen molar-refractivity contribution in [2.45, 2.75) is 18.6 Å². The molecule has 4 aromatic rings. The van der Waals surface area contributed by atoms with Crippen molar-refractivity contribution in [3.05, 3.63) is 90.4 Å². The normalized spacial score (nSPS) is 15.6. The van der Waals surface area contributed by atoms with Gasteiger partial charge in [0.2, 0.25) is 5.88 Å². The van der Waals surface area contributed by atoms with E-state index in [4.69, 9.17) is 9.47 Å². The van der Waals surface area contributed by atoms with Crippen LogP contribution in [-0.4, -0.2) is 41.1 Å². The molecule has 0 amide bonds. The van der Waals surface area contributed by atoms with Gasteiger partial charge in [0.15, 0.2) is 0 Å². The number of hydrogen-bond acceptors (Lipinski definition) is 6. The maximum Gasteiger partial charge on any atom is 0.237 e. The van der Waals surface area contributed by atoms with Gasteiger partial charge in [0.25, 0.3) is 0 Å². The Labute approximate surface area is 199 Å². The number of rotatable bonds is 8. The van der Waals surface area contributed by atoms with Crippen molar-refractivity contribution in [2.75, 3.05) is 25.5 Å². The second kappa shape index (κ2) is 9.97. The topological polar surface area (TPSA) is 73.2 Å². The molecule has 0 saturated heterocycles. The molecule has 174 valence electrons. The predicted molar refractivity (Wildman–Crippen MR) is 133 cm³/mol. The molecule has 7 heteroatoms. The number of nitrogens with one attached hydrogen (secondary N) is 2. The lowest BCUT2D eigenvalue weighted by Crippen LogP contribution is -2.43. The molecule has 34 heavy (non-hydrogen) atoms. The third-order valence-corrected chi connectivity index (χ3v) is 6.09. The SMILES string of the molecule is COc1cccc(CCN[C@H](c2ccccc2)[C@@H]2CNc3cc(-c4cnn(C)c4)cnc3O2)c1. The van der Waals surface area contributed by atoms with Gasteiger partial charge >= 0.3 is 0 Å². The summed E-state index contributed by atoms with van der Waals surface area (Å²) in [6.45, 7) is 1.49. The minimum atomic E-state index is -0.100. The summed E-state index contributed by atoms with van der Waals surface area (Å²) in [5.74, 6) is 1.50. The maximum atomic E-state index is 6.41. The average Bonchev–Trinajstić information content (AvgIpc) is 3.33. The van der Waals surface area contributed by atoms with Crippen LogP contribution in [0.4, 0.5) is 5.69 Å². The van der Waals surface area contributed by atoms with Crippen LogP contribution in [0.2, 0.25) is 0 Å². The standard InChI is InChI=1S/C27H29N5O2/c1-32-18-22(16-31-32)21-14-24-27(30-15-21)34-25(17-29-24)26(20-8-4-3-5-9-20)28-12-11-19-7-6-10-23(13-19)33-2/h3-10,13-16,18,25-26,28-29H,11-12,17H2,1-2H3/t25-,26+/m0/s1. The summed E-state index contributed by atoms with van der Waals surface area (Å²) in [6, 6.07) is 20.7. The van der Waals surface area contributed by atoms with Crippen LogP contribution in [0, 0.1) is 0 Å². The molecular formula is C27H29N5O2. The van der Waals surface area contributed by atoms with Gasteiger partial charge in [-0.15, -0.1) is 0 Å². The Balaban J connectivity index is 1.31. The van der Waals surface area contributed by atoms with Crippen molar-refractivity contribution >= 4 is 5.69 Å². The second-order valence-electron chi connectivity index (χ2n) is 8.46. The number of anilines is 1. The third-order valence-electron chi connectivity index (χ3n) is 6.09. The van der Waals surface area contributed by atoms with E-state index in [1.807, 2.05) is 43.8 Å². The van der Waals surface area contributed by atoms with Crippen LogP contribution >= 0.6 is 0 Å². The number of pyridine rings is 1. The molecule has 2 aromatic carbocycles. The van der Waals surface area contributed by atoms with Crippen molar-refractivity contribution in [3.8, 4) is 22.8 Å². The highest BCUT2D eigenvalue weighted by Gasteiger charge is 2.29. The number of fused-ring (bicyclic) bond motifs is 1. The van der Waals surface area contributed by atoms with Gasteiger partial charge in [0, 0.05) is 30.6 Å². The summed E-state index contributed by atoms with van der Waals surface area (Å²) in [5, 5.41) is 11.5. The number of aryl methyl sites for hydroxylation is 1. The number of hydrogen-bond donors (Lipinski definition) is 2. The van der Waals surface area contributed by atoms with Gasteiger partial charge in [-0.1, -0.05) is 42.5 Å². The summed E-state index contributed by atoms with van der Waals surface area (Å²) < 4.78 is 13.6. The zero-order valence-electron chi connectivity index (χ0n) is 19.4. The minimum absolute atomic E-state index is 0.0206. The maximum absolute atomic E-state index is 6.41. The Hall–Kier alpha value is -3.84. The highest BCUT2D eigenvalue weighted by atomic mass is 16.5. The first-order valence-electron chi connectivity index (χ1n) is 11.5. The second-order valence-corrected chi connectivity index (χ2v) is 8.46. The van der Waals surface area contributed by atoms with Crippen LogP contribution in [0.3, 0.4) is 0 Å². The van der Waals surface area contributed by atoms with Crippen molar-refractivity contribution in [3.63, 3.8) is 0 Å². The van der Waals surface area contributed by atoms with Crippen molar-refractivity contribution in [2.24, 2.45) is 7.05 Å². The van der Waals surface area contributed by atoms with Crippen molar-refractivity contribution in [1.82, 2.24) is 20.1 Å². The molecule has 0 spiro atoms. The van der Waals surface area contributed by atoms with Gasteiger partial charge in [-0.25, -0.2) is 4.98 Å². The molecule has 2 aromatic heterocycles. The summed E-state index contributed by atoms with van der Waals surface area (Å²) >= 11 is 0. The molecule has 1 aliphatic rings. The Bertz CT molecular complexity index is 1240. The first-order valence-corrected chi connectivity index (χ1v) is 11.5. The zero-order valence-corrected chi connectivity index (χ0v) is 19.4. The van der Waals surface area contributed by atoms with E-state index in [2.05, 4.69) is 63.2 Å². The van der Waals surface area contributed by atoms with Crippen LogP contribution in [0.5, 0.6) is 11.6 Å². The predicted octanol–water partition coefficient (Wildman–Crippen LogP) is 4.24. The molecule has 2 N–H and O–H groups in total. The summed E-state index contributed by atoms with van der Waals surface area (Å²) in [4.78, 5) is 4.61. The fourth-order valence-corrected chi connectivity index (χ4v) is 4.31. The molecule has 0 radical (unpaired) electrons. The number of ether oxygens (including phenoxy) is 2. The first-order chi connectivity index (χ1) is 16.7. The molecule has 1 aliphatic heterocycles. The van der Waals surface area contributed by atoms with Gasteiger partial charge in [-0.2, -0.15) is 5.10 Å². The van der Waals surface area contributed by atoms with Crippen LogP contribution in [0.1, 0.15) is 17.2 Å². The first kappa shape index (κ1) is 22.0. The van der Waals surface area contributed by atoms with E-state index >= 15 is 0 Å². The fraction of sp³-hybridized carbons (Fsp3) is 0.259. The molecule has 2 atom stereocenters. The highest BCUT2D eigenvalue weighted by Crippen LogP contribution is 2.34. The van der Waals surface area contributed by atoms with Crippen molar-refractivity contribution in [1.29, 1.82) is 0 Å². The van der Waals surface area contributed by atoms with Gasteiger partial charge in [-0.05, 0) is 42.3 Å². The molecule has 0 fully saturated rings. The monoisotopic (exact) mass is 455 g/mol. The Morgan fingerprint density at radius 1 is 1.12 bits per heavy atom. The molecule has 3 heterocycles. The molecule has 0 aliphatic carbocycles. The van der Waals surface area contributed by atoms with Gasteiger partial charge in [0.1, 0.15) is 11.9 Å². The fourth-order valence-electron chi connectivity index (χ4n) is 4.31. The number of nitrogens with zero attached hydrogens (tertiary/aromatic N) is 3. The van der Waals surface area contributed by atoms with E-state index in [-0.39, 0.29) is 12.1 Å². The quantitative estimate of drug-likeness (QED) is 0.414. The lowest BCUT2D eigenvalue weighted by atomic mass is 9.99. The average molecular weight is 456 g/mol. The Morgan fingerprint density at radius 2 is 2.00 bits per heavy atom. The smallest absolute Gasteiger partial charge is 0.237 e. The zero-order chi connectivity index (χ0) is 23.3. The molecule has 0 bridgehead atoms. The van der Waals surface area contributed by atoms with E-state index in [1.165, 1.54) is 11.1 Å². The van der Waals surface area contributed by atoms with E-state index in [9.17, 15) is 0 Å². The van der Waals surface area contributed by atoms with Crippen LogP contribution in [-0.2, 0) is 13.5 Å². The van der Waals surface area contributed by atoms with Crippen LogP contribution in [0.25, 0.3) is 11.1 Å².